The minimum atomic E-state index is 0.382. The second-order valence-corrected chi connectivity index (χ2v) is 3.29. The molecule has 0 saturated heterocycles. The lowest BCUT2D eigenvalue weighted by Gasteiger charge is -2.02. The van der Waals surface area contributed by atoms with Gasteiger partial charge < -0.3 is 9.73 Å². The van der Waals surface area contributed by atoms with Gasteiger partial charge in [-0.2, -0.15) is 0 Å². The molecule has 0 radical (unpaired) electrons. The third-order valence-electron chi connectivity index (χ3n) is 1.79. The number of nitrogens with zero attached hydrogens (tertiary/aromatic N) is 3. The molecule has 0 spiro atoms. The summed E-state index contributed by atoms with van der Waals surface area (Å²) in [5.41, 5.74) is 0.884. The molecule has 1 N–H and O–H groups in total. The average Bonchev–Trinajstić information content (AvgIpc) is 2.63. The van der Waals surface area contributed by atoms with E-state index in [0.717, 1.165) is 5.56 Å². The molecular formula is C9H9ClN4O. The summed E-state index contributed by atoms with van der Waals surface area (Å²) in [6.07, 6.45) is 1.64. The molecule has 0 aliphatic carbocycles. The summed E-state index contributed by atoms with van der Waals surface area (Å²) in [6.45, 7) is 2.24. The van der Waals surface area contributed by atoms with E-state index in [2.05, 4.69) is 20.5 Å². The summed E-state index contributed by atoms with van der Waals surface area (Å²) in [7, 11) is 0. The fourth-order valence-corrected chi connectivity index (χ4v) is 1.28. The highest BCUT2D eigenvalue weighted by molar-refractivity contribution is 6.30. The van der Waals surface area contributed by atoms with Crippen molar-refractivity contribution in [3.63, 3.8) is 0 Å². The minimum absolute atomic E-state index is 0.382. The highest BCUT2D eigenvalue weighted by Gasteiger charge is 2.03. The van der Waals surface area contributed by atoms with Crippen LogP contribution >= 0.6 is 11.6 Å². The van der Waals surface area contributed by atoms with Crippen molar-refractivity contribution >= 4 is 17.6 Å². The van der Waals surface area contributed by atoms with Crippen molar-refractivity contribution in [2.75, 3.05) is 5.32 Å². The summed E-state index contributed by atoms with van der Waals surface area (Å²) >= 11 is 5.88. The summed E-state index contributed by atoms with van der Waals surface area (Å²) in [4.78, 5) is 3.96. The molecule has 0 unspecified atom stereocenters. The Morgan fingerprint density at radius 1 is 1.47 bits per heavy atom. The zero-order valence-electron chi connectivity index (χ0n) is 8.07. The number of aryl methyl sites for hydroxylation is 1. The zero-order chi connectivity index (χ0) is 10.7. The Kier molecular flexibility index (Phi) is 2.82. The van der Waals surface area contributed by atoms with Gasteiger partial charge in [-0.05, 0) is 6.07 Å². The largest absolute Gasteiger partial charge is 0.408 e. The zero-order valence-corrected chi connectivity index (χ0v) is 8.82. The van der Waals surface area contributed by atoms with Crippen molar-refractivity contribution in [1.29, 1.82) is 0 Å². The van der Waals surface area contributed by atoms with Gasteiger partial charge in [0.15, 0.2) is 0 Å². The lowest BCUT2D eigenvalue weighted by molar-refractivity contribution is 0.530. The van der Waals surface area contributed by atoms with Crippen molar-refractivity contribution in [2.24, 2.45) is 0 Å². The summed E-state index contributed by atoms with van der Waals surface area (Å²) in [5, 5.41) is 10.9. The van der Waals surface area contributed by atoms with E-state index in [9.17, 15) is 0 Å². The molecule has 2 rings (SSSR count). The second-order valence-electron chi connectivity index (χ2n) is 2.93. The Labute approximate surface area is 91.5 Å². The highest BCUT2D eigenvalue weighted by Crippen LogP contribution is 2.13. The van der Waals surface area contributed by atoms with E-state index in [1.807, 2.05) is 12.1 Å². The Morgan fingerprint density at radius 2 is 2.33 bits per heavy atom. The maximum atomic E-state index is 5.88. The molecule has 0 fully saturated rings. The molecule has 6 heteroatoms. The molecule has 2 aromatic heterocycles. The number of anilines is 1. The molecule has 2 heterocycles. The van der Waals surface area contributed by atoms with Crippen molar-refractivity contribution in [3.8, 4) is 0 Å². The van der Waals surface area contributed by atoms with Crippen LogP contribution in [0.4, 0.5) is 6.01 Å². The van der Waals surface area contributed by atoms with Crippen molar-refractivity contribution < 1.29 is 4.42 Å². The smallest absolute Gasteiger partial charge is 0.315 e. The Morgan fingerprint density at radius 3 is 3.00 bits per heavy atom. The fraction of sp³-hybridized carbons (Fsp3) is 0.222. The van der Waals surface area contributed by atoms with Gasteiger partial charge in [0.25, 0.3) is 0 Å². The van der Waals surface area contributed by atoms with Gasteiger partial charge in [-0.1, -0.05) is 22.8 Å². The van der Waals surface area contributed by atoms with Crippen LogP contribution in [0.3, 0.4) is 0 Å². The SMILES string of the molecule is Cc1nnc(NCc2cccnc2Cl)o1. The molecule has 0 aliphatic rings. The number of halogens is 1. The van der Waals surface area contributed by atoms with Gasteiger partial charge in [0, 0.05) is 25.2 Å². The Hall–Kier alpha value is -1.62. The minimum Gasteiger partial charge on any atom is -0.408 e. The maximum absolute atomic E-state index is 5.88. The van der Waals surface area contributed by atoms with Crippen molar-refractivity contribution in [2.45, 2.75) is 13.5 Å². The van der Waals surface area contributed by atoms with Crippen LogP contribution in [-0.2, 0) is 6.54 Å². The van der Waals surface area contributed by atoms with Crippen LogP contribution in [0.5, 0.6) is 0 Å². The van der Waals surface area contributed by atoms with Gasteiger partial charge >= 0.3 is 6.01 Å². The quantitative estimate of drug-likeness (QED) is 0.809. The number of hydrogen-bond acceptors (Lipinski definition) is 5. The summed E-state index contributed by atoms with van der Waals surface area (Å²) in [6, 6.07) is 4.08. The van der Waals surface area contributed by atoms with E-state index in [-0.39, 0.29) is 0 Å². The first kappa shape index (κ1) is 9.92. The Balaban J connectivity index is 2.02. The third-order valence-corrected chi connectivity index (χ3v) is 2.13. The molecular weight excluding hydrogens is 216 g/mol. The van der Waals surface area contributed by atoms with Crippen LogP contribution in [0.15, 0.2) is 22.7 Å². The van der Waals surface area contributed by atoms with Gasteiger partial charge in [0.05, 0.1) is 0 Å². The number of hydrogen-bond donors (Lipinski definition) is 1. The molecule has 15 heavy (non-hydrogen) atoms. The van der Waals surface area contributed by atoms with E-state index in [1.165, 1.54) is 0 Å². The molecule has 5 nitrogen and oxygen atoms in total. The van der Waals surface area contributed by atoms with Gasteiger partial charge in [0.1, 0.15) is 5.15 Å². The third kappa shape index (κ3) is 2.44. The van der Waals surface area contributed by atoms with E-state index in [1.54, 1.807) is 13.1 Å². The van der Waals surface area contributed by atoms with Crippen LogP contribution < -0.4 is 5.32 Å². The van der Waals surface area contributed by atoms with Crippen LogP contribution in [0.25, 0.3) is 0 Å². The first-order valence-corrected chi connectivity index (χ1v) is 4.77. The summed E-state index contributed by atoms with van der Waals surface area (Å²) < 4.78 is 5.15. The number of pyridine rings is 1. The van der Waals surface area contributed by atoms with Gasteiger partial charge in [-0.3, -0.25) is 0 Å². The first-order valence-electron chi connectivity index (χ1n) is 4.39. The first-order chi connectivity index (χ1) is 7.25. The van der Waals surface area contributed by atoms with E-state index in [4.69, 9.17) is 16.0 Å². The normalized spacial score (nSPS) is 10.3. The fourth-order valence-electron chi connectivity index (χ4n) is 1.09. The van der Waals surface area contributed by atoms with E-state index >= 15 is 0 Å². The van der Waals surface area contributed by atoms with Crippen LogP contribution in [0.1, 0.15) is 11.5 Å². The lowest BCUT2D eigenvalue weighted by Crippen LogP contribution is -2.00. The Bertz CT molecular complexity index is 457. The lowest BCUT2D eigenvalue weighted by atomic mass is 10.3. The molecule has 78 valence electrons. The molecule has 0 aromatic carbocycles. The number of nitrogens with one attached hydrogen (secondary N) is 1. The molecule has 0 saturated carbocycles. The van der Waals surface area contributed by atoms with Crippen LogP contribution in [0.2, 0.25) is 5.15 Å². The van der Waals surface area contributed by atoms with Crippen molar-refractivity contribution in [3.05, 3.63) is 34.9 Å². The average molecular weight is 225 g/mol. The van der Waals surface area contributed by atoms with Crippen molar-refractivity contribution in [1.82, 2.24) is 15.2 Å². The van der Waals surface area contributed by atoms with Gasteiger partial charge in [-0.25, -0.2) is 4.98 Å². The maximum Gasteiger partial charge on any atom is 0.315 e. The van der Waals surface area contributed by atoms with E-state index < -0.39 is 0 Å². The predicted octanol–water partition coefficient (Wildman–Crippen LogP) is 2.04. The standard InChI is InChI=1S/C9H9ClN4O/c1-6-13-14-9(15-6)12-5-7-3-2-4-11-8(7)10/h2-4H,5H2,1H3,(H,12,14). The molecule has 2 aromatic rings. The van der Waals surface area contributed by atoms with E-state index in [0.29, 0.717) is 23.6 Å². The number of aromatic nitrogens is 3. The predicted molar refractivity (Wildman–Crippen MR) is 55.6 cm³/mol. The van der Waals surface area contributed by atoms with Gasteiger partial charge in [-0.15, -0.1) is 5.10 Å². The second kappa shape index (κ2) is 4.27. The van der Waals surface area contributed by atoms with Gasteiger partial charge in [0.2, 0.25) is 5.89 Å². The van der Waals surface area contributed by atoms with Crippen LogP contribution in [0, 0.1) is 6.92 Å². The summed E-state index contributed by atoms with van der Waals surface area (Å²) in [5.74, 6) is 0.523. The molecule has 0 aliphatic heterocycles. The number of rotatable bonds is 3. The topological polar surface area (TPSA) is 63.8 Å². The molecule has 0 bridgehead atoms. The monoisotopic (exact) mass is 224 g/mol. The molecule has 0 amide bonds. The molecule has 0 atom stereocenters. The highest BCUT2D eigenvalue weighted by atomic mass is 35.5. The van der Waals surface area contributed by atoms with Crippen LogP contribution in [-0.4, -0.2) is 15.2 Å².